The average molecular weight is 311 g/mol. The van der Waals surface area contributed by atoms with Crippen molar-refractivity contribution in [1.29, 1.82) is 0 Å². The molecule has 2 aliphatic heterocycles. The first kappa shape index (κ1) is 14.2. The van der Waals surface area contributed by atoms with Gasteiger partial charge in [0.05, 0.1) is 18.1 Å². The number of nitrogens with zero attached hydrogens (tertiary/aromatic N) is 5. The van der Waals surface area contributed by atoms with Crippen LogP contribution in [0.1, 0.15) is 18.5 Å². The van der Waals surface area contributed by atoms with Gasteiger partial charge in [0, 0.05) is 50.2 Å². The molecule has 120 valence electrons. The number of hydrogen-bond donors (Lipinski definition) is 2. The Labute approximate surface area is 134 Å². The summed E-state index contributed by atoms with van der Waals surface area (Å²) in [6, 6.07) is 3.13. The topological polar surface area (TPSA) is 83.8 Å². The van der Waals surface area contributed by atoms with Crippen LogP contribution in [-0.4, -0.2) is 53.0 Å². The van der Waals surface area contributed by atoms with Gasteiger partial charge in [0.15, 0.2) is 5.82 Å². The van der Waals surface area contributed by atoms with E-state index in [9.17, 15) is 0 Å². The van der Waals surface area contributed by atoms with E-state index in [-0.39, 0.29) is 0 Å². The minimum absolute atomic E-state index is 0.559. The van der Waals surface area contributed by atoms with Gasteiger partial charge >= 0.3 is 0 Å². The molecule has 7 nitrogen and oxygen atoms in total. The number of hydrogen-bond acceptors (Lipinski definition) is 6. The van der Waals surface area contributed by atoms with E-state index in [0.717, 1.165) is 35.7 Å². The number of nitrogens with one attached hydrogen (secondary N) is 1. The third-order valence-electron chi connectivity index (χ3n) is 4.63. The van der Waals surface area contributed by atoms with Gasteiger partial charge in [0.25, 0.3) is 0 Å². The molecule has 0 amide bonds. The van der Waals surface area contributed by atoms with E-state index in [1.54, 1.807) is 19.5 Å². The number of nitrogens with two attached hydrogens (primary N) is 1. The van der Waals surface area contributed by atoms with Gasteiger partial charge in [0.2, 0.25) is 0 Å². The first-order valence-corrected chi connectivity index (χ1v) is 7.98. The van der Waals surface area contributed by atoms with E-state index in [0.29, 0.717) is 12.1 Å². The van der Waals surface area contributed by atoms with E-state index in [2.05, 4.69) is 20.3 Å². The minimum atomic E-state index is 0.559. The Morgan fingerprint density at radius 1 is 1.39 bits per heavy atom. The van der Waals surface area contributed by atoms with Gasteiger partial charge < -0.3 is 16.0 Å². The molecule has 2 aliphatic rings. The molecule has 0 aromatic carbocycles. The van der Waals surface area contributed by atoms with Gasteiger partial charge in [-0.2, -0.15) is 5.10 Å². The molecular formula is C16H21N7. The van der Waals surface area contributed by atoms with Crippen LogP contribution in [0.4, 0.5) is 5.82 Å². The smallest absolute Gasteiger partial charge is 0.155 e. The summed E-state index contributed by atoms with van der Waals surface area (Å²) >= 11 is 0. The Morgan fingerprint density at radius 3 is 2.87 bits per heavy atom. The number of piperazine rings is 1. The molecule has 4 rings (SSSR count). The predicted octanol–water partition coefficient (Wildman–Crippen LogP) is 0.670. The molecule has 2 bridgehead atoms. The molecular weight excluding hydrogens is 290 g/mol. The Hall–Kier alpha value is -2.41. The summed E-state index contributed by atoms with van der Waals surface area (Å²) in [5.41, 5.74) is 8.36. The Balaban J connectivity index is 1.80. The molecule has 23 heavy (non-hydrogen) atoms. The van der Waals surface area contributed by atoms with Crippen molar-refractivity contribution in [2.24, 2.45) is 10.7 Å². The van der Waals surface area contributed by atoms with Crippen LogP contribution < -0.4 is 16.0 Å². The Morgan fingerprint density at radius 2 is 2.17 bits per heavy atom. The average Bonchev–Trinajstić information content (AvgIpc) is 3.17. The van der Waals surface area contributed by atoms with Gasteiger partial charge in [-0.25, -0.2) is 9.50 Å². The van der Waals surface area contributed by atoms with Crippen molar-refractivity contribution in [3.63, 3.8) is 0 Å². The van der Waals surface area contributed by atoms with Crippen molar-refractivity contribution < 1.29 is 0 Å². The second-order valence-electron chi connectivity index (χ2n) is 6.16. The van der Waals surface area contributed by atoms with Crippen molar-refractivity contribution in [2.75, 3.05) is 25.0 Å². The molecule has 4 heterocycles. The SMILES string of the molecule is CN=CC(=CN)c1cn2nccc2c(N2CC3CCC(C2)N3)n1. The lowest BCUT2D eigenvalue weighted by molar-refractivity contribution is 0.464. The molecule has 2 saturated heterocycles. The highest BCUT2D eigenvalue weighted by atomic mass is 15.3. The van der Waals surface area contributed by atoms with E-state index in [1.807, 2.05) is 16.8 Å². The van der Waals surface area contributed by atoms with Crippen LogP contribution in [0.3, 0.4) is 0 Å². The summed E-state index contributed by atoms with van der Waals surface area (Å²) < 4.78 is 1.87. The Bertz CT molecular complexity index is 764. The number of allylic oxidation sites excluding steroid dienone is 1. The molecule has 0 spiro atoms. The van der Waals surface area contributed by atoms with Gasteiger partial charge in [-0.1, -0.05) is 0 Å². The zero-order valence-electron chi connectivity index (χ0n) is 13.2. The van der Waals surface area contributed by atoms with Crippen LogP contribution in [0.5, 0.6) is 0 Å². The van der Waals surface area contributed by atoms with Gasteiger partial charge in [-0.15, -0.1) is 0 Å². The summed E-state index contributed by atoms with van der Waals surface area (Å²) in [7, 11) is 1.73. The van der Waals surface area contributed by atoms with Gasteiger partial charge in [-0.3, -0.25) is 4.99 Å². The zero-order chi connectivity index (χ0) is 15.8. The molecule has 0 aliphatic carbocycles. The third kappa shape index (κ3) is 2.46. The van der Waals surface area contributed by atoms with Crippen LogP contribution in [-0.2, 0) is 0 Å². The second kappa shape index (κ2) is 5.66. The number of rotatable bonds is 3. The fraction of sp³-hybridized carbons (Fsp3) is 0.438. The van der Waals surface area contributed by atoms with Crippen molar-refractivity contribution in [3.8, 4) is 0 Å². The number of aromatic nitrogens is 3. The highest BCUT2D eigenvalue weighted by Gasteiger charge is 2.33. The summed E-state index contributed by atoms with van der Waals surface area (Å²) in [5, 5.41) is 8.04. The largest absolute Gasteiger partial charge is 0.404 e. The lowest BCUT2D eigenvalue weighted by Gasteiger charge is -2.34. The van der Waals surface area contributed by atoms with Crippen LogP contribution in [0.2, 0.25) is 0 Å². The second-order valence-corrected chi connectivity index (χ2v) is 6.16. The highest BCUT2D eigenvalue weighted by molar-refractivity contribution is 6.08. The summed E-state index contributed by atoms with van der Waals surface area (Å²) in [4.78, 5) is 11.3. The lowest BCUT2D eigenvalue weighted by Crippen LogP contribution is -2.51. The maximum atomic E-state index is 5.75. The standard InChI is InChI=1S/C16H21N7/c1-18-7-11(6-17)14-10-23-15(4-5-19-23)16(21-14)22-8-12-2-3-13(9-22)20-12/h4-7,10,12-13,20H,2-3,8-9,17H2,1H3. The molecule has 2 aromatic heterocycles. The molecule has 0 radical (unpaired) electrons. The minimum Gasteiger partial charge on any atom is -0.404 e. The highest BCUT2D eigenvalue weighted by Crippen LogP contribution is 2.28. The van der Waals surface area contributed by atoms with E-state index < -0.39 is 0 Å². The zero-order valence-corrected chi connectivity index (χ0v) is 13.2. The molecule has 0 saturated carbocycles. The van der Waals surface area contributed by atoms with E-state index in [1.165, 1.54) is 19.0 Å². The molecule has 2 unspecified atom stereocenters. The Kier molecular flexibility index (Phi) is 3.49. The van der Waals surface area contributed by atoms with Crippen molar-refractivity contribution in [3.05, 3.63) is 30.4 Å². The predicted molar refractivity (Wildman–Crippen MR) is 91.7 cm³/mol. The summed E-state index contributed by atoms with van der Waals surface area (Å²) in [6.45, 7) is 1.97. The van der Waals surface area contributed by atoms with Crippen LogP contribution in [0.25, 0.3) is 11.1 Å². The maximum Gasteiger partial charge on any atom is 0.155 e. The number of fused-ring (bicyclic) bond motifs is 3. The number of aliphatic imine (C=N–C) groups is 1. The monoisotopic (exact) mass is 311 g/mol. The summed E-state index contributed by atoms with van der Waals surface area (Å²) in [6.07, 6.45) is 9.45. The summed E-state index contributed by atoms with van der Waals surface area (Å²) in [5.74, 6) is 0.974. The van der Waals surface area contributed by atoms with Crippen molar-refractivity contribution in [1.82, 2.24) is 19.9 Å². The molecule has 3 N–H and O–H groups in total. The van der Waals surface area contributed by atoms with Crippen molar-refractivity contribution >= 4 is 23.1 Å². The van der Waals surface area contributed by atoms with Gasteiger partial charge in [0.1, 0.15) is 5.52 Å². The first-order valence-electron chi connectivity index (χ1n) is 7.98. The van der Waals surface area contributed by atoms with Crippen molar-refractivity contribution in [2.45, 2.75) is 24.9 Å². The third-order valence-corrected chi connectivity index (χ3v) is 4.63. The molecule has 2 fully saturated rings. The van der Waals surface area contributed by atoms with Crippen LogP contribution in [0.15, 0.2) is 29.7 Å². The molecule has 2 aromatic rings. The van der Waals surface area contributed by atoms with E-state index >= 15 is 0 Å². The quantitative estimate of drug-likeness (QED) is 0.814. The van der Waals surface area contributed by atoms with Crippen LogP contribution in [0, 0.1) is 0 Å². The van der Waals surface area contributed by atoms with Crippen LogP contribution >= 0.6 is 0 Å². The normalized spacial score (nSPS) is 24.9. The first-order chi connectivity index (χ1) is 11.3. The van der Waals surface area contributed by atoms with E-state index in [4.69, 9.17) is 10.7 Å². The fourth-order valence-corrected chi connectivity index (χ4v) is 3.59. The molecule has 7 heteroatoms. The number of anilines is 1. The van der Waals surface area contributed by atoms with Gasteiger partial charge in [-0.05, 0) is 18.9 Å². The maximum absolute atomic E-state index is 5.75. The lowest BCUT2D eigenvalue weighted by atomic mass is 10.2. The molecule has 2 atom stereocenters. The fourth-order valence-electron chi connectivity index (χ4n) is 3.59.